The first-order chi connectivity index (χ1) is 25.7. The highest BCUT2D eigenvalue weighted by molar-refractivity contribution is 6.55. The van der Waals surface area contributed by atoms with Crippen LogP contribution in [0.15, 0.2) is 24.3 Å². The molecule has 1 fully saturated rings. The van der Waals surface area contributed by atoms with Crippen LogP contribution in [0.3, 0.4) is 0 Å². The Morgan fingerprint density at radius 2 is 1.53 bits per heavy atom. The molecule has 2 rings (SSSR count). The maximum Gasteiger partial charge on any atom is 0.312 e. The Bertz CT molecular complexity index is 1520. The lowest BCUT2D eigenvalue weighted by molar-refractivity contribution is -0.138. The number of rotatable bonds is 23. The van der Waals surface area contributed by atoms with E-state index in [4.69, 9.17) is 23.1 Å². The maximum atomic E-state index is 13.5. The van der Waals surface area contributed by atoms with E-state index < -0.39 is 46.9 Å². The fraction of sp³-hybridized carbons (Fsp3) is 0.622. The molecule has 2 atom stereocenters. The summed E-state index contributed by atoms with van der Waals surface area (Å²) in [6.45, 7) is 11.3. The average Bonchev–Trinajstić information content (AvgIpc) is 3.41. The number of nitrogens with zero attached hydrogens (tertiary/aromatic N) is 1. The molecule has 0 spiro atoms. The van der Waals surface area contributed by atoms with Crippen molar-refractivity contribution in [2.75, 3.05) is 25.0 Å². The van der Waals surface area contributed by atoms with Gasteiger partial charge in [-0.05, 0) is 77.0 Å². The second kappa shape index (κ2) is 21.8. The summed E-state index contributed by atoms with van der Waals surface area (Å²) < 4.78 is 10.8. The van der Waals surface area contributed by atoms with Gasteiger partial charge in [-0.3, -0.25) is 38.5 Å². The van der Waals surface area contributed by atoms with E-state index in [9.17, 15) is 38.4 Å². The van der Waals surface area contributed by atoms with Crippen LogP contribution in [0, 0.1) is 5.92 Å². The van der Waals surface area contributed by atoms with E-state index in [1.54, 1.807) is 38.1 Å². The number of amides is 8. The number of hydrogen-bond acceptors (Lipinski definition) is 10. The predicted molar refractivity (Wildman–Crippen MR) is 203 cm³/mol. The van der Waals surface area contributed by atoms with Gasteiger partial charge in [-0.15, -0.1) is 0 Å². The first kappa shape index (κ1) is 46.2. The molecule has 7 N–H and O–H groups in total. The number of carbonyl (C=O) groups excluding carboxylic acids is 8. The minimum Gasteiger partial charge on any atom is -0.470 e. The lowest BCUT2D eigenvalue weighted by Gasteiger charge is -2.30. The van der Waals surface area contributed by atoms with Crippen molar-refractivity contribution in [3.05, 3.63) is 29.8 Å². The van der Waals surface area contributed by atoms with Crippen molar-refractivity contribution in [1.29, 1.82) is 0 Å². The van der Waals surface area contributed by atoms with Gasteiger partial charge < -0.3 is 41.8 Å². The Morgan fingerprint density at radius 3 is 2.11 bits per heavy atom. The summed E-state index contributed by atoms with van der Waals surface area (Å²) in [6, 6.07) is 3.74. The van der Waals surface area contributed by atoms with Crippen LogP contribution in [-0.4, -0.2) is 103 Å². The highest BCUT2D eigenvalue weighted by atomic mass is 16.5. The highest BCUT2D eigenvalue weighted by Crippen LogP contribution is 2.20. The zero-order valence-corrected chi connectivity index (χ0v) is 32.7. The minimum atomic E-state index is -1.03. The average molecular weight is 770 g/mol. The number of nitrogens with two attached hydrogens (primary N) is 1. The molecule has 1 unspecified atom stereocenters. The standard InChI is InChI=1S/C37H56BN7O10/c1-23(2)31(33(51)42-26(8-7-19-40-35(39)53)32(50)41-25-11-9-24(10-12-25)22-54-34(38)52)43-27(46)15-17-37(5,6)55-21-18-36(3,4)44-28(47)16-20-45-29(48)13-14-30(45)49/h9-12,23,26,31H,7-8,13-22H2,1-6H3,(H,41,50)(H,42,51)(H,43,46)(H,44,47)(H3,39,40,53)/t26-,31?/m0/s1. The molecular formula is C37H56BN7O10. The molecule has 18 heteroatoms. The van der Waals surface area contributed by atoms with E-state index in [1.807, 2.05) is 27.7 Å². The molecule has 1 aromatic rings. The molecule has 0 aliphatic carbocycles. The normalized spacial score (nSPS) is 14.2. The number of imide groups is 1. The Labute approximate surface area is 323 Å². The van der Waals surface area contributed by atoms with Crippen molar-refractivity contribution in [2.24, 2.45) is 11.7 Å². The maximum absolute atomic E-state index is 13.5. The molecule has 1 saturated heterocycles. The molecule has 2 radical (unpaired) electrons. The number of primary amides is 1. The zero-order chi connectivity index (χ0) is 41.3. The lowest BCUT2D eigenvalue weighted by atomic mass is 9.98. The number of nitrogens with one attached hydrogen (secondary N) is 5. The summed E-state index contributed by atoms with van der Waals surface area (Å²) in [4.78, 5) is 99.2. The van der Waals surface area contributed by atoms with E-state index >= 15 is 0 Å². The first-order valence-corrected chi connectivity index (χ1v) is 18.4. The molecule has 1 aliphatic rings. The third kappa shape index (κ3) is 17.8. The van der Waals surface area contributed by atoms with Gasteiger partial charge in [0.15, 0.2) is 0 Å². The van der Waals surface area contributed by atoms with Crippen molar-refractivity contribution in [1.82, 2.24) is 26.2 Å². The molecule has 17 nitrogen and oxygen atoms in total. The number of carbonyl (C=O) groups is 8. The molecule has 1 aromatic carbocycles. The van der Waals surface area contributed by atoms with Crippen molar-refractivity contribution >= 4 is 60.9 Å². The smallest absolute Gasteiger partial charge is 0.312 e. The SMILES string of the molecule is [B]C(=O)OCc1ccc(NC(=O)[C@H](CCCNC(N)=O)NC(=O)C(NC(=O)CCC(C)(C)OCCC(C)(C)NC(=O)CCN2C(=O)CCC2=O)C(C)C)cc1. The molecular weight excluding hydrogens is 713 g/mol. The van der Waals surface area contributed by atoms with E-state index in [-0.39, 0.29) is 88.0 Å². The largest absolute Gasteiger partial charge is 0.470 e. The van der Waals surface area contributed by atoms with Gasteiger partial charge in [0.05, 0.1) is 5.60 Å². The Balaban J connectivity index is 1.91. The van der Waals surface area contributed by atoms with Gasteiger partial charge in [0.25, 0.3) is 0 Å². The van der Waals surface area contributed by atoms with E-state index in [0.717, 1.165) is 4.90 Å². The van der Waals surface area contributed by atoms with Crippen LogP contribution in [-0.2, 0) is 44.8 Å². The third-order valence-corrected chi connectivity index (χ3v) is 8.84. The monoisotopic (exact) mass is 769 g/mol. The Morgan fingerprint density at radius 1 is 0.891 bits per heavy atom. The summed E-state index contributed by atoms with van der Waals surface area (Å²) in [7, 11) is 5.00. The van der Waals surface area contributed by atoms with E-state index in [1.165, 1.54) is 0 Å². The van der Waals surface area contributed by atoms with Gasteiger partial charge in [-0.2, -0.15) is 0 Å². The highest BCUT2D eigenvalue weighted by Gasteiger charge is 2.31. The van der Waals surface area contributed by atoms with Gasteiger partial charge in [0, 0.05) is 56.6 Å². The quantitative estimate of drug-likeness (QED) is 0.0536. The molecule has 55 heavy (non-hydrogen) atoms. The molecule has 1 aliphatic heterocycles. The van der Waals surface area contributed by atoms with Crippen LogP contribution in [0.5, 0.6) is 0 Å². The predicted octanol–water partition coefficient (Wildman–Crippen LogP) is 1.90. The fourth-order valence-corrected chi connectivity index (χ4v) is 5.55. The molecule has 302 valence electrons. The summed E-state index contributed by atoms with van der Waals surface area (Å²) in [5, 5.41) is 13.6. The van der Waals surface area contributed by atoms with Gasteiger partial charge in [-0.1, -0.05) is 26.0 Å². The summed E-state index contributed by atoms with van der Waals surface area (Å²) >= 11 is 0. The molecule has 8 amide bonds. The summed E-state index contributed by atoms with van der Waals surface area (Å²) in [5.41, 5.74) is 4.84. The molecule has 0 aromatic heterocycles. The van der Waals surface area contributed by atoms with Gasteiger partial charge in [0.2, 0.25) is 49.2 Å². The molecule has 0 bridgehead atoms. The Hall–Kier alpha value is -5.00. The van der Waals surface area contributed by atoms with E-state index in [2.05, 4.69) is 26.6 Å². The minimum absolute atomic E-state index is 0.00669. The van der Waals surface area contributed by atoms with Crippen LogP contribution in [0.1, 0.15) is 98.5 Å². The molecule has 0 saturated carbocycles. The third-order valence-electron chi connectivity index (χ3n) is 8.84. The number of likely N-dealkylation sites (tertiary alicyclic amines) is 1. The number of anilines is 1. The number of benzene rings is 1. The van der Waals surface area contributed by atoms with Crippen LogP contribution < -0.4 is 32.3 Å². The van der Waals surface area contributed by atoms with Crippen LogP contribution >= 0.6 is 0 Å². The topological polar surface area (TPSA) is 244 Å². The zero-order valence-electron chi connectivity index (χ0n) is 32.7. The first-order valence-electron chi connectivity index (χ1n) is 18.4. The lowest BCUT2D eigenvalue weighted by Crippen LogP contribution is -2.54. The number of ether oxygens (including phenoxy) is 2. The molecule has 1 heterocycles. The van der Waals surface area contributed by atoms with Gasteiger partial charge in [-0.25, -0.2) is 4.79 Å². The van der Waals surface area contributed by atoms with Crippen LogP contribution in [0.25, 0.3) is 0 Å². The summed E-state index contributed by atoms with van der Waals surface area (Å²) in [5.74, 6) is -3.56. The van der Waals surface area contributed by atoms with Crippen LogP contribution in [0.2, 0.25) is 0 Å². The fourth-order valence-electron chi connectivity index (χ4n) is 5.55. The van der Waals surface area contributed by atoms with Gasteiger partial charge in [0.1, 0.15) is 18.7 Å². The second-order valence-electron chi connectivity index (χ2n) is 15.1. The number of hydrogen-bond donors (Lipinski definition) is 6. The van der Waals surface area contributed by atoms with Crippen molar-refractivity contribution in [3.63, 3.8) is 0 Å². The van der Waals surface area contributed by atoms with E-state index in [0.29, 0.717) is 30.5 Å². The van der Waals surface area contributed by atoms with Crippen LogP contribution in [0.4, 0.5) is 15.3 Å². The van der Waals surface area contributed by atoms with Crippen molar-refractivity contribution in [2.45, 2.75) is 123 Å². The number of urea groups is 1. The van der Waals surface area contributed by atoms with Gasteiger partial charge >= 0.3 is 6.03 Å². The Kier molecular flexibility index (Phi) is 18.3. The summed E-state index contributed by atoms with van der Waals surface area (Å²) in [6.07, 6.45) is 1.63. The van der Waals surface area contributed by atoms with Crippen molar-refractivity contribution < 1.29 is 47.8 Å². The van der Waals surface area contributed by atoms with Crippen molar-refractivity contribution in [3.8, 4) is 0 Å². The second-order valence-corrected chi connectivity index (χ2v) is 15.1.